The molecular weight excluding hydrogens is 207 g/mol. The van der Waals surface area contributed by atoms with Gasteiger partial charge in [0, 0.05) is 18.5 Å². The van der Waals surface area contributed by atoms with Crippen molar-refractivity contribution in [2.75, 3.05) is 6.54 Å². The van der Waals surface area contributed by atoms with Crippen molar-refractivity contribution in [2.45, 2.75) is 25.3 Å². The summed E-state index contributed by atoms with van der Waals surface area (Å²) < 4.78 is 18.5. The van der Waals surface area contributed by atoms with Gasteiger partial charge >= 0.3 is 0 Å². The first-order valence-corrected chi connectivity index (χ1v) is 5.59. The summed E-state index contributed by atoms with van der Waals surface area (Å²) in [5, 5.41) is 3.39. The number of aromatic nitrogens is 1. The largest absolute Gasteiger partial charge is 0.441 e. The molecule has 1 aliphatic heterocycles. The second-order valence-electron chi connectivity index (χ2n) is 4.22. The highest BCUT2D eigenvalue weighted by molar-refractivity contribution is 5.72. The number of oxazole rings is 1. The molecule has 1 fully saturated rings. The molecule has 1 aromatic heterocycles. The molecule has 0 amide bonds. The highest BCUT2D eigenvalue weighted by Crippen LogP contribution is 2.19. The fraction of sp³-hybridized carbons (Fsp3) is 0.417. The van der Waals surface area contributed by atoms with E-state index in [4.69, 9.17) is 4.42 Å². The Hall–Kier alpha value is -1.42. The van der Waals surface area contributed by atoms with E-state index in [-0.39, 0.29) is 5.82 Å². The van der Waals surface area contributed by atoms with Crippen LogP contribution in [0.2, 0.25) is 0 Å². The molecule has 1 aliphatic rings. The van der Waals surface area contributed by atoms with Gasteiger partial charge in [-0.3, -0.25) is 0 Å². The minimum absolute atomic E-state index is 0.283. The van der Waals surface area contributed by atoms with Gasteiger partial charge in [0.05, 0.1) is 0 Å². The van der Waals surface area contributed by atoms with Gasteiger partial charge in [0.1, 0.15) is 11.3 Å². The zero-order valence-electron chi connectivity index (χ0n) is 8.87. The molecule has 4 heteroatoms. The fourth-order valence-corrected chi connectivity index (χ4v) is 2.18. The van der Waals surface area contributed by atoms with Gasteiger partial charge in [0.15, 0.2) is 11.5 Å². The van der Waals surface area contributed by atoms with E-state index in [0.717, 1.165) is 24.9 Å². The Labute approximate surface area is 92.7 Å². The molecule has 3 nitrogen and oxygen atoms in total. The van der Waals surface area contributed by atoms with E-state index >= 15 is 0 Å². The summed E-state index contributed by atoms with van der Waals surface area (Å²) in [5.41, 5.74) is 1.27. The lowest BCUT2D eigenvalue weighted by molar-refractivity contribution is 0.477. The van der Waals surface area contributed by atoms with Crippen molar-refractivity contribution >= 4 is 11.1 Å². The maximum Gasteiger partial charge on any atom is 0.197 e. The minimum atomic E-state index is -0.283. The van der Waals surface area contributed by atoms with Gasteiger partial charge in [-0.05, 0) is 31.5 Å². The summed E-state index contributed by atoms with van der Waals surface area (Å²) >= 11 is 0. The molecule has 1 unspecified atom stereocenters. The van der Waals surface area contributed by atoms with E-state index in [1.807, 2.05) is 0 Å². The third kappa shape index (κ3) is 1.80. The summed E-state index contributed by atoms with van der Waals surface area (Å²) in [6, 6.07) is 4.90. The van der Waals surface area contributed by atoms with E-state index in [9.17, 15) is 4.39 Å². The Bertz CT molecular complexity index is 503. The summed E-state index contributed by atoms with van der Waals surface area (Å²) in [7, 11) is 0. The summed E-state index contributed by atoms with van der Waals surface area (Å²) in [6.45, 7) is 1.07. The van der Waals surface area contributed by atoms with E-state index in [2.05, 4.69) is 10.3 Å². The minimum Gasteiger partial charge on any atom is -0.441 e. The van der Waals surface area contributed by atoms with Crippen molar-refractivity contribution in [3.8, 4) is 0 Å². The summed E-state index contributed by atoms with van der Waals surface area (Å²) in [4.78, 5) is 4.34. The van der Waals surface area contributed by atoms with Gasteiger partial charge in [-0.15, -0.1) is 0 Å². The van der Waals surface area contributed by atoms with Crippen molar-refractivity contribution in [2.24, 2.45) is 0 Å². The second kappa shape index (κ2) is 3.87. The van der Waals surface area contributed by atoms with Crippen LogP contribution >= 0.6 is 0 Å². The van der Waals surface area contributed by atoms with E-state index in [1.165, 1.54) is 18.6 Å². The highest BCUT2D eigenvalue weighted by Gasteiger charge is 2.17. The van der Waals surface area contributed by atoms with Gasteiger partial charge < -0.3 is 9.73 Å². The molecular formula is C12H13FN2O. The molecule has 1 atom stereocenters. The summed E-state index contributed by atoms with van der Waals surface area (Å²) in [6.07, 6.45) is 3.16. The van der Waals surface area contributed by atoms with Crippen LogP contribution in [0.5, 0.6) is 0 Å². The van der Waals surface area contributed by atoms with Crippen molar-refractivity contribution in [1.82, 2.24) is 10.3 Å². The van der Waals surface area contributed by atoms with Crippen LogP contribution in [-0.4, -0.2) is 17.6 Å². The van der Waals surface area contributed by atoms with Crippen LogP contribution in [0.1, 0.15) is 18.7 Å². The van der Waals surface area contributed by atoms with Gasteiger partial charge in [0.2, 0.25) is 0 Å². The van der Waals surface area contributed by atoms with E-state index < -0.39 is 0 Å². The average Bonchev–Trinajstić information content (AvgIpc) is 2.86. The Kier molecular flexibility index (Phi) is 2.36. The van der Waals surface area contributed by atoms with Crippen molar-refractivity contribution in [3.63, 3.8) is 0 Å². The first kappa shape index (κ1) is 9.78. The Morgan fingerprint density at radius 3 is 3.25 bits per heavy atom. The first-order chi connectivity index (χ1) is 7.81. The maximum absolute atomic E-state index is 13.0. The van der Waals surface area contributed by atoms with E-state index in [1.54, 1.807) is 6.07 Å². The van der Waals surface area contributed by atoms with Crippen molar-refractivity contribution in [3.05, 3.63) is 29.9 Å². The molecule has 1 aromatic carbocycles. The molecule has 84 valence electrons. The van der Waals surface area contributed by atoms with Gasteiger partial charge in [-0.2, -0.15) is 0 Å². The molecule has 3 rings (SSSR count). The number of hydrogen-bond donors (Lipinski definition) is 1. The quantitative estimate of drug-likeness (QED) is 0.843. The van der Waals surface area contributed by atoms with Crippen LogP contribution in [0.15, 0.2) is 22.6 Å². The van der Waals surface area contributed by atoms with Crippen molar-refractivity contribution in [1.29, 1.82) is 0 Å². The van der Waals surface area contributed by atoms with Crippen LogP contribution in [0.3, 0.4) is 0 Å². The lowest BCUT2D eigenvalue weighted by Crippen LogP contribution is -2.23. The normalized spacial score (nSPS) is 20.7. The van der Waals surface area contributed by atoms with Crippen LogP contribution < -0.4 is 5.32 Å². The third-order valence-corrected chi connectivity index (χ3v) is 2.98. The zero-order chi connectivity index (χ0) is 11.0. The molecule has 0 aliphatic carbocycles. The Morgan fingerprint density at radius 2 is 2.44 bits per heavy atom. The van der Waals surface area contributed by atoms with Crippen molar-refractivity contribution < 1.29 is 8.81 Å². The number of nitrogens with one attached hydrogen (secondary N) is 1. The Morgan fingerprint density at radius 1 is 1.50 bits per heavy atom. The molecule has 2 aromatic rings. The third-order valence-electron chi connectivity index (χ3n) is 2.98. The van der Waals surface area contributed by atoms with E-state index in [0.29, 0.717) is 17.5 Å². The molecule has 0 bridgehead atoms. The summed E-state index contributed by atoms with van der Waals surface area (Å²) in [5.74, 6) is 0.411. The van der Waals surface area contributed by atoms with Crippen LogP contribution in [0, 0.1) is 5.82 Å². The molecule has 1 N–H and O–H groups in total. The van der Waals surface area contributed by atoms with Gasteiger partial charge in [0.25, 0.3) is 0 Å². The maximum atomic E-state index is 13.0. The zero-order valence-corrected chi connectivity index (χ0v) is 8.87. The highest BCUT2D eigenvalue weighted by atomic mass is 19.1. The topological polar surface area (TPSA) is 38.1 Å². The predicted octanol–water partition coefficient (Wildman–Crippen LogP) is 2.26. The number of halogens is 1. The number of rotatable bonds is 2. The SMILES string of the molecule is Fc1ccc2nc(CC3CCCN3)oc2c1. The monoisotopic (exact) mass is 220 g/mol. The van der Waals surface area contributed by atoms with Gasteiger partial charge in [-0.25, -0.2) is 9.37 Å². The molecule has 16 heavy (non-hydrogen) atoms. The standard InChI is InChI=1S/C12H13FN2O/c13-8-3-4-10-11(6-8)16-12(15-10)7-9-2-1-5-14-9/h3-4,6,9,14H,1-2,5,7H2. The number of fused-ring (bicyclic) bond motifs is 1. The number of benzene rings is 1. The van der Waals surface area contributed by atoms with Crippen LogP contribution in [-0.2, 0) is 6.42 Å². The average molecular weight is 220 g/mol. The number of nitrogens with zero attached hydrogens (tertiary/aromatic N) is 1. The lowest BCUT2D eigenvalue weighted by Gasteiger charge is -2.05. The Balaban J connectivity index is 1.86. The van der Waals surface area contributed by atoms with Crippen LogP contribution in [0.4, 0.5) is 4.39 Å². The molecule has 0 radical (unpaired) electrons. The fourth-order valence-electron chi connectivity index (χ4n) is 2.18. The molecule has 0 saturated carbocycles. The van der Waals surface area contributed by atoms with Gasteiger partial charge in [-0.1, -0.05) is 0 Å². The van der Waals surface area contributed by atoms with Crippen LogP contribution in [0.25, 0.3) is 11.1 Å². The predicted molar refractivity (Wildman–Crippen MR) is 58.7 cm³/mol. The lowest BCUT2D eigenvalue weighted by atomic mass is 10.2. The molecule has 1 saturated heterocycles. The smallest absolute Gasteiger partial charge is 0.197 e. The number of hydrogen-bond acceptors (Lipinski definition) is 3. The first-order valence-electron chi connectivity index (χ1n) is 5.59. The molecule has 2 heterocycles. The molecule has 0 spiro atoms. The second-order valence-corrected chi connectivity index (χ2v) is 4.22.